The molecule has 152 valence electrons. The van der Waals surface area contributed by atoms with E-state index < -0.39 is 15.7 Å². The van der Waals surface area contributed by atoms with Crippen LogP contribution in [0.25, 0.3) is 0 Å². The van der Waals surface area contributed by atoms with Crippen LogP contribution >= 0.6 is 15.9 Å². The number of para-hydroxylation sites is 1. The fraction of sp³-hybridized carbons (Fsp3) is 0.318. The van der Waals surface area contributed by atoms with Crippen molar-refractivity contribution in [2.45, 2.75) is 31.6 Å². The van der Waals surface area contributed by atoms with Crippen LogP contribution in [0.4, 0.5) is 11.4 Å². The first-order chi connectivity index (χ1) is 13.8. The van der Waals surface area contributed by atoms with E-state index in [1.165, 1.54) is 6.20 Å². The van der Waals surface area contributed by atoms with Crippen molar-refractivity contribution < 1.29 is 13.2 Å². The molecule has 0 unspecified atom stereocenters. The summed E-state index contributed by atoms with van der Waals surface area (Å²) < 4.78 is 27.6. The van der Waals surface area contributed by atoms with Crippen molar-refractivity contribution in [3.63, 3.8) is 0 Å². The number of aryl methyl sites for hydroxylation is 1. The van der Waals surface area contributed by atoms with Gasteiger partial charge in [-0.1, -0.05) is 35.0 Å². The van der Waals surface area contributed by atoms with Gasteiger partial charge >= 0.3 is 0 Å². The molecule has 29 heavy (non-hydrogen) atoms. The molecule has 0 spiro atoms. The summed E-state index contributed by atoms with van der Waals surface area (Å²) >= 11 is 3.50. The lowest BCUT2D eigenvalue weighted by Crippen LogP contribution is -2.41. The number of halogens is 1. The Kier molecular flexibility index (Phi) is 5.29. The lowest BCUT2D eigenvalue weighted by atomic mass is 9.99. The maximum atomic E-state index is 13.3. The first kappa shape index (κ1) is 20.2. The van der Waals surface area contributed by atoms with Gasteiger partial charge in [-0.3, -0.25) is 4.79 Å². The Morgan fingerprint density at radius 2 is 1.79 bits per heavy atom. The molecule has 2 aromatic carbocycles. The molecule has 1 amide bonds. The number of likely N-dealkylation sites (tertiary alicyclic amines) is 1. The molecule has 0 aromatic heterocycles. The van der Waals surface area contributed by atoms with Gasteiger partial charge in [0.1, 0.15) is 0 Å². The van der Waals surface area contributed by atoms with Crippen molar-refractivity contribution in [3.05, 3.63) is 63.6 Å². The van der Waals surface area contributed by atoms with Crippen LogP contribution in [0, 0.1) is 12.8 Å². The third-order valence-corrected chi connectivity index (χ3v) is 8.32. The van der Waals surface area contributed by atoms with E-state index in [9.17, 15) is 13.2 Å². The number of hydrogen-bond acceptors (Lipinski definition) is 4. The van der Waals surface area contributed by atoms with Crippen LogP contribution in [0.15, 0.2) is 62.9 Å². The molecule has 4 rings (SSSR count). The maximum Gasteiger partial charge on any atom is 0.267 e. The molecule has 1 saturated heterocycles. The predicted octanol–water partition coefficient (Wildman–Crippen LogP) is 4.78. The first-order valence-corrected chi connectivity index (χ1v) is 12.0. The number of hydrogen-bond donors (Lipinski definition) is 0. The van der Waals surface area contributed by atoms with Crippen LogP contribution in [-0.4, -0.2) is 32.3 Å². The molecule has 1 fully saturated rings. The molecule has 0 N–H and O–H groups in total. The van der Waals surface area contributed by atoms with Crippen LogP contribution in [0.1, 0.15) is 25.3 Å². The highest BCUT2D eigenvalue weighted by Crippen LogP contribution is 2.40. The number of anilines is 2. The number of piperidine rings is 1. The van der Waals surface area contributed by atoms with Crippen LogP contribution < -0.4 is 4.90 Å². The monoisotopic (exact) mass is 474 g/mol. The highest BCUT2D eigenvalue weighted by molar-refractivity contribution is 9.10. The molecular weight excluding hydrogens is 452 g/mol. The van der Waals surface area contributed by atoms with Gasteiger partial charge in [0.2, 0.25) is 9.84 Å². The highest BCUT2D eigenvalue weighted by Gasteiger charge is 2.38. The lowest BCUT2D eigenvalue weighted by molar-refractivity contribution is -0.127. The van der Waals surface area contributed by atoms with Crippen molar-refractivity contribution in [1.29, 1.82) is 0 Å². The van der Waals surface area contributed by atoms with Gasteiger partial charge in [-0.15, -0.1) is 0 Å². The van der Waals surface area contributed by atoms with Crippen LogP contribution in [0.3, 0.4) is 0 Å². The average molecular weight is 475 g/mol. The quantitative estimate of drug-likeness (QED) is 0.627. The van der Waals surface area contributed by atoms with Crippen molar-refractivity contribution in [3.8, 4) is 0 Å². The van der Waals surface area contributed by atoms with Gasteiger partial charge < -0.3 is 9.80 Å². The number of sulfone groups is 1. The number of rotatable bonds is 2. The second kappa shape index (κ2) is 7.61. The summed E-state index contributed by atoms with van der Waals surface area (Å²) in [5.41, 5.74) is 2.39. The minimum atomic E-state index is -3.89. The van der Waals surface area contributed by atoms with E-state index in [0.717, 1.165) is 28.6 Å². The molecule has 2 aliphatic heterocycles. The van der Waals surface area contributed by atoms with E-state index in [0.29, 0.717) is 24.7 Å². The average Bonchev–Trinajstić information content (AvgIpc) is 2.70. The summed E-state index contributed by atoms with van der Waals surface area (Å²) in [6.07, 6.45) is 3.28. The standard InChI is InChI=1S/C22H23BrN2O3S/c1-15-9-11-24(12-10-15)22(26)21-14-25(17-7-8-18(23)16(2)13-17)19-5-3-4-6-20(19)29(21,27)28/h3-8,13-15H,9-12H2,1-2H3. The molecular formula is C22H23BrN2O3S. The number of carbonyl (C=O) groups excluding carboxylic acids is 1. The summed E-state index contributed by atoms with van der Waals surface area (Å²) in [6.45, 7) is 5.31. The van der Waals surface area contributed by atoms with Crippen LogP contribution in [0.5, 0.6) is 0 Å². The zero-order chi connectivity index (χ0) is 20.8. The number of fused-ring (bicyclic) bond motifs is 1. The Bertz CT molecular complexity index is 1100. The molecule has 0 saturated carbocycles. The fourth-order valence-electron chi connectivity index (χ4n) is 3.79. The third-order valence-electron chi connectivity index (χ3n) is 5.65. The molecule has 5 nitrogen and oxygen atoms in total. The van der Waals surface area contributed by atoms with E-state index in [1.807, 2.05) is 25.1 Å². The number of nitrogens with zero attached hydrogens (tertiary/aromatic N) is 2. The zero-order valence-electron chi connectivity index (χ0n) is 16.4. The predicted molar refractivity (Wildman–Crippen MR) is 118 cm³/mol. The normalized spacial score (nSPS) is 18.9. The van der Waals surface area contributed by atoms with Gasteiger partial charge in [0.25, 0.3) is 5.91 Å². The smallest absolute Gasteiger partial charge is 0.267 e. The summed E-state index contributed by atoms with van der Waals surface area (Å²) in [4.78, 5) is 16.7. The van der Waals surface area contributed by atoms with E-state index in [-0.39, 0.29) is 9.80 Å². The van der Waals surface area contributed by atoms with Crippen molar-refractivity contribution in [1.82, 2.24) is 4.90 Å². The SMILES string of the molecule is Cc1cc(N2C=C(C(=O)N3CCC(C)CC3)S(=O)(=O)c3ccccc32)ccc1Br. The second-order valence-electron chi connectivity index (χ2n) is 7.74. The molecule has 7 heteroatoms. The van der Waals surface area contributed by atoms with Gasteiger partial charge in [-0.05, 0) is 61.6 Å². The van der Waals surface area contributed by atoms with E-state index in [4.69, 9.17) is 0 Å². The number of carbonyl (C=O) groups is 1. The summed E-state index contributed by atoms with van der Waals surface area (Å²) in [5, 5.41) is 0. The first-order valence-electron chi connectivity index (χ1n) is 9.69. The minimum Gasteiger partial charge on any atom is -0.338 e. The van der Waals surface area contributed by atoms with Crippen LogP contribution in [-0.2, 0) is 14.6 Å². The van der Waals surface area contributed by atoms with E-state index in [2.05, 4.69) is 22.9 Å². The Morgan fingerprint density at radius 3 is 2.48 bits per heavy atom. The zero-order valence-corrected chi connectivity index (χ0v) is 18.8. The summed E-state index contributed by atoms with van der Waals surface area (Å²) in [7, 11) is -3.89. The Balaban J connectivity index is 1.82. The Morgan fingerprint density at radius 1 is 1.10 bits per heavy atom. The van der Waals surface area contributed by atoms with Gasteiger partial charge in [-0.2, -0.15) is 0 Å². The van der Waals surface area contributed by atoms with Crippen LogP contribution in [0.2, 0.25) is 0 Å². The van der Waals surface area contributed by atoms with E-state index >= 15 is 0 Å². The number of amides is 1. The summed E-state index contributed by atoms with van der Waals surface area (Å²) in [5.74, 6) is 0.143. The van der Waals surface area contributed by atoms with Crippen molar-refractivity contribution >= 4 is 43.0 Å². The van der Waals surface area contributed by atoms with Gasteiger partial charge in [0.05, 0.1) is 10.6 Å². The summed E-state index contributed by atoms with van der Waals surface area (Å²) in [6, 6.07) is 12.6. The molecule has 0 atom stereocenters. The van der Waals surface area contributed by atoms with Crippen molar-refractivity contribution in [2.24, 2.45) is 5.92 Å². The fourth-order valence-corrected chi connectivity index (χ4v) is 5.57. The Labute approximate surface area is 180 Å². The molecule has 2 heterocycles. The Hall–Kier alpha value is -2.12. The topological polar surface area (TPSA) is 57.7 Å². The third kappa shape index (κ3) is 3.62. The van der Waals surface area contributed by atoms with Gasteiger partial charge in [-0.25, -0.2) is 8.42 Å². The van der Waals surface area contributed by atoms with Gasteiger partial charge in [0.15, 0.2) is 4.91 Å². The van der Waals surface area contributed by atoms with E-state index in [1.54, 1.807) is 34.1 Å². The molecule has 2 aromatic rings. The van der Waals surface area contributed by atoms with Crippen molar-refractivity contribution in [2.75, 3.05) is 18.0 Å². The second-order valence-corrected chi connectivity index (χ2v) is 10.5. The molecule has 0 bridgehead atoms. The minimum absolute atomic E-state index is 0.161. The van der Waals surface area contributed by atoms with Gasteiger partial charge in [0, 0.05) is 29.4 Å². The maximum absolute atomic E-state index is 13.3. The molecule has 2 aliphatic rings. The highest BCUT2D eigenvalue weighted by atomic mass is 79.9. The molecule has 0 radical (unpaired) electrons. The largest absolute Gasteiger partial charge is 0.338 e. The molecule has 0 aliphatic carbocycles. The number of benzene rings is 2. The lowest BCUT2D eigenvalue weighted by Gasteiger charge is -2.33.